The Morgan fingerprint density at radius 1 is 1.30 bits per heavy atom. The summed E-state index contributed by atoms with van der Waals surface area (Å²) in [4.78, 5) is 12.2. The van der Waals surface area contributed by atoms with E-state index in [4.69, 9.17) is 17.0 Å². The van der Waals surface area contributed by atoms with Gasteiger partial charge in [0, 0.05) is 5.54 Å². The fourth-order valence-corrected chi connectivity index (χ4v) is 1.93. The summed E-state index contributed by atoms with van der Waals surface area (Å²) in [6.07, 6.45) is 0.889. The maximum absolute atomic E-state index is 12.2. The van der Waals surface area contributed by atoms with Gasteiger partial charge >= 0.3 is 0 Å². The Morgan fingerprint density at radius 2 is 1.95 bits per heavy atom. The minimum atomic E-state index is -0.265. The fourth-order valence-electron chi connectivity index (χ4n) is 1.53. The first-order valence-electron chi connectivity index (χ1n) is 6.69. The van der Waals surface area contributed by atoms with Crippen LogP contribution >= 0.6 is 12.2 Å². The molecule has 0 radical (unpaired) electrons. The van der Waals surface area contributed by atoms with E-state index in [1.165, 1.54) is 0 Å². The molecule has 0 saturated heterocycles. The largest absolute Gasteiger partial charge is 0.493 e. The van der Waals surface area contributed by atoms with Crippen molar-refractivity contribution in [3.05, 3.63) is 29.8 Å². The number of carbonyl (C=O) groups excluding carboxylic acids is 1. The summed E-state index contributed by atoms with van der Waals surface area (Å²) >= 11 is 5.13. The lowest BCUT2D eigenvalue weighted by Gasteiger charge is -2.22. The number of amides is 1. The minimum Gasteiger partial charge on any atom is -0.493 e. The van der Waals surface area contributed by atoms with Crippen molar-refractivity contribution >= 4 is 23.2 Å². The molecular formula is C15H22N2O2S. The normalized spacial score (nSPS) is 10.8. The van der Waals surface area contributed by atoms with Crippen molar-refractivity contribution in [3.63, 3.8) is 0 Å². The standard InChI is InChI=1S/C15H22N2O2S/c1-5-10-19-12-9-7-6-8-11(12)13(18)16-14(20)17-15(2,3)4/h6-9H,5,10H2,1-4H3,(H2,16,17,18,20). The van der Waals surface area contributed by atoms with Gasteiger partial charge in [-0.1, -0.05) is 19.1 Å². The van der Waals surface area contributed by atoms with Crippen LogP contribution in [-0.2, 0) is 0 Å². The molecule has 1 aromatic rings. The van der Waals surface area contributed by atoms with Crippen LogP contribution in [0.4, 0.5) is 0 Å². The molecule has 1 amide bonds. The number of carbonyl (C=O) groups is 1. The second kappa shape index (κ2) is 7.24. The van der Waals surface area contributed by atoms with Crippen LogP contribution in [0.3, 0.4) is 0 Å². The predicted molar refractivity (Wildman–Crippen MR) is 85.2 cm³/mol. The van der Waals surface area contributed by atoms with Gasteiger partial charge in [-0.15, -0.1) is 0 Å². The van der Waals surface area contributed by atoms with Crippen LogP contribution in [0.1, 0.15) is 44.5 Å². The van der Waals surface area contributed by atoms with E-state index in [-0.39, 0.29) is 11.4 Å². The lowest BCUT2D eigenvalue weighted by atomic mass is 10.1. The van der Waals surface area contributed by atoms with Gasteiger partial charge in [-0.25, -0.2) is 0 Å². The summed E-state index contributed by atoms with van der Waals surface area (Å²) in [5.41, 5.74) is 0.293. The number of thiocarbonyl (C=S) groups is 1. The molecule has 0 aliphatic carbocycles. The lowest BCUT2D eigenvalue weighted by Crippen LogP contribution is -2.48. The number of hydrogen-bond donors (Lipinski definition) is 2. The highest BCUT2D eigenvalue weighted by Crippen LogP contribution is 2.18. The van der Waals surface area contributed by atoms with E-state index in [1.54, 1.807) is 18.2 Å². The van der Waals surface area contributed by atoms with Gasteiger partial charge in [0.25, 0.3) is 5.91 Å². The van der Waals surface area contributed by atoms with Gasteiger partial charge in [0.2, 0.25) is 0 Å². The maximum Gasteiger partial charge on any atom is 0.261 e. The van der Waals surface area contributed by atoms with E-state index in [9.17, 15) is 4.79 Å². The Hall–Kier alpha value is -1.62. The van der Waals surface area contributed by atoms with Crippen molar-refractivity contribution in [2.24, 2.45) is 0 Å². The lowest BCUT2D eigenvalue weighted by molar-refractivity contribution is 0.0972. The molecule has 110 valence electrons. The summed E-state index contributed by atoms with van der Waals surface area (Å²) in [6.45, 7) is 8.53. The number of benzene rings is 1. The van der Waals surface area contributed by atoms with E-state index < -0.39 is 0 Å². The molecular weight excluding hydrogens is 272 g/mol. The van der Waals surface area contributed by atoms with Crippen LogP contribution in [0.15, 0.2) is 24.3 Å². The third-order valence-corrected chi connectivity index (χ3v) is 2.51. The predicted octanol–water partition coefficient (Wildman–Crippen LogP) is 2.88. The second-order valence-corrected chi connectivity index (χ2v) is 5.91. The third-order valence-electron chi connectivity index (χ3n) is 2.31. The zero-order chi connectivity index (χ0) is 15.2. The molecule has 0 saturated carbocycles. The molecule has 0 atom stereocenters. The molecule has 0 aliphatic heterocycles. The first-order chi connectivity index (χ1) is 9.33. The maximum atomic E-state index is 12.2. The van der Waals surface area contributed by atoms with E-state index in [0.717, 1.165) is 6.42 Å². The average Bonchev–Trinajstić information content (AvgIpc) is 2.34. The van der Waals surface area contributed by atoms with Crippen molar-refractivity contribution in [2.45, 2.75) is 39.7 Å². The number of ether oxygens (including phenoxy) is 1. The molecule has 5 heteroatoms. The number of hydrogen-bond acceptors (Lipinski definition) is 3. The smallest absolute Gasteiger partial charge is 0.261 e. The Labute approximate surface area is 125 Å². The van der Waals surface area contributed by atoms with Crippen molar-refractivity contribution in [3.8, 4) is 5.75 Å². The Bertz CT molecular complexity index is 481. The summed E-state index contributed by atoms with van der Waals surface area (Å²) in [5, 5.41) is 6.02. The summed E-state index contributed by atoms with van der Waals surface area (Å²) in [6, 6.07) is 7.15. The number of para-hydroxylation sites is 1. The van der Waals surface area contributed by atoms with Gasteiger partial charge < -0.3 is 10.1 Å². The summed E-state index contributed by atoms with van der Waals surface area (Å²) < 4.78 is 5.57. The topological polar surface area (TPSA) is 50.4 Å². The molecule has 0 spiro atoms. The highest BCUT2D eigenvalue weighted by molar-refractivity contribution is 7.80. The fraction of sp³-hybridized carbons (Fsp3) is 0.467. The molecule has 0 aliphatic rings. The Balaban J connectivity index is 2.74. The SMILES string of the molecule is CCCOc1ccccc1C(=O)NC(=S)NC(C)(C)C. The molecule has 0 fully saturated rings. The van der Waals surface area contributed by atoms with Crippen LogP contribution in [0.2, 0.25) is 0 Å². The zero-order valence-corrected chi connectivity index (χ0v) is 13.3. The summed E-state index contributed by atoms with van der Waals surface area (Å²) in [5.74, 6) is 0.309. The quantitative estimate of drug-likeness (QED) is 0.838. The average molecular weight is 294 g/mol. The van der Waals surface area contributed by atoms with Gasteiger partial charge in [-0.2, -0.15) is 0 Å². The van der Waals surface area contributed by atoms with Gasteiger partial charge in [-0.05, 0) is 51.5 Å². The minimum absolute atomic E-state index is 0.192. The number of nitrogens with one attached hydrogen (secondary N) is 2. The monoisotopic (exact) mass is 294 g/mol. The van der Waals surface area contributed by atoms with Gasteiger partial charge in [-0.3, -0.25) is 10.1 Å². The molecule has 0 bridgehead atoms. The van der Waals surface area contributed by atoms with Gasteiger partial charge in [0.15, 0.2) is 5.11 Å². The van der Waals surface area contributed by atoms with Crippen molar-refractivity contribution in [1.29, 1.82) is 0 Å². The van der Waals surface area contributed by atoms with Gasteiger partial charge in [0.05, 0.1) is 12.2 Å². The van der Waals surface area contributed by atoms with E-state index >= 15 is 0 Å². The molecule has 1 aromatic carbocycles. The van der Waals surface area contributed by atoms with Crippen LogP contribution in [-0.4, -0.2) is 23.2 Å². The first kappa shape index (κ1) is 16.4. The zero-order valence-electron chi connectivity index (χ0n) is 12.4. The van der Waals surface area contributed by atoms with Crippen LogP contribution in [0.5, 0.6) is 5.75 Å². The second-order valence-electron chi connectivity index (χ2n) is 5.50. The van der Waals surface area contributed by atoms with Crippen molar-refractivity contribution in [1.82, 2.24) is 10.6 Å². The third kappa shape index (κ3) is 5.57. The van der Waals surface area contributed by atoms with E-state index in [1.807, 2.05) is 33.8 Å². The van der Waals surface area contributed by atoms with Crippen LogP contribution < -0.4 is 15.4 Å². The Kier molecular flexibility index (Phi) is 5.95. The summed E-state index contributed by atoms with van der Waals surface area (Å²) in [7, 11) is 0. The van der Waals surface area contributed by atoms with Crippen molar-refractivity contribution in [2.75, 3.05) is 6.61 Å². The molecule has 4 nitrogen and oxygen atoms in total. The molecule has 1 rings (SSSR count). The highest BCUT2D eigenvalue weighted by atomic mass is 32.1. The van der Waals surface area contributed by atoms with Gasteiger partial charge in [0.1, 0.15) is 5.75 Å². The van der Waals surface area contributed by atoms with Crippen molar-refractivity contribution < 1.29 is 9.53 Å². The van der Waals surface area contributed by atoms with E-state index in [2.05, 4.69) is 10.6 Å². The highest BCUT2D eigenvalue weighted by Gasteiger charge is 2.16. The van der Waals surface area contributed by atoms with Crippen LogP contribution in [0.25, 0.3) is 0 Å². The first-order valence-corrected chi connectivity index (χ1v) is 7.09. The Morgan fingerprint density at radius 3 is 2.55 bits per heavy atom. The molecule has 0 unspecified atom stereocenters. The molecule has 0 aromatic heterocycles. The molecule has 20 heavy (non-hydrogen) atoms. The number of rotatable bonds is 4. The molecule has 2 N–H and O–H groups in total. The molecule has 0 heterocycles. The van der Waals surface area contributed by atoms with E-state index in [0.29, 0.717) is 23.0 Å². The van der Waals surface area contributed by atoms with Crippen LogP contribution in [0, 0.1) is 0 Å².